The Balaban J connectivity index is 1.24. The lowest BCUT2D eigenvalue weighted by Gasteiger charge is -2.49. The van der Waals surface area contributed by atoms with Gasteiger partial charge >= 0.3 is 0 Å². The Labute approximate surface area is 148 Å². The summed E-state index contributed by atoms with van der Waals surface area (Å²) in [6.07, 6.45) is 13.3. The zero-order valence-electron chi connectivity index (χ0n) is 15.4. The van der Waals surface area contributed by atoms with Crippen LogP contribution in [0.5, 0.6) is 0 Å². The normalized spacial score (nSPS) is 36.9. The van der Waals surface area contributed by atoms with E-state index in [-0.39, 0.29) is 6.10 Å². The fraction of sp³-hybridized carbons (Fsp3) is 1.00. The van der Waals surface area contributed by atoms with Crippen molar-refractivity contribution < 1.29 is 5.11 Å². The van der Waals surface area contributed by atoms with E-state index in [0.29, 0.717) is 11.5 Å². The molecular formula is C20H37N3O. The van der Waals surface area contributed by atoms with Crippen molar-refractivity contribution in [2.24, 2.45) is 5.41 Å². The highest BCUT2D eigenvalue weighted by Crippen LogP contribution is 2.44. The van der Waals surface area contributed by atoms with Crippen LogP contribution < -0.4 is 5.32 Å². The summed E-state index contributed by atoms with van der Waals surface area (Å²) in [4.78, 5) is 5.37. The maximum Gasteiger partial charge on any atom is 0.0695 e. The minimum atomic E-state index is -0.0697. The lowest BCUT2D eigenvalue weighted by molar-refractivity contribution is -0.0203. The molecule has 4 nitrogen and oxygen atoms in total. The molecule has 0 aromatic rings. The molecule has 0 aromatic carbocycles. The smallest absolute Gasteiger partial charge is 0.0695 e. The van der Waals surface area contributed by atoms with Crippen molar-refractivity contribution in [3.05, 3.63) is 0 Å². The molecule has 4 heteroatoms. The van der Waals surface area contributed by atoms with Crippen molar-refractivity contribution in [2.75, 3.05) is 39.3 Å². The molecule has 2 aliphatic heterocycles. The van der Waals surface area contributed by atoms with Gasteiger partial charge in [-0.1, -0.05) is 12.8 Å². The van der Waals surface area contributed by atoms with Crippen LogP contribution in [0.2, 0.25) is 0 Å². The molecule has 2 saturated heterocycles. The van der Waals surface area contributed by atoms with E-state index in [2.05, 4.69) is 15.1 Å². The van der Waals surface area contributed by atoms with Crippen LogP contribution in [0.15, 0.2) is 0 Å². The van der Waals surface area contributed by atoms with Gasteiger partial charge in [-0.25, -0.2) is 0 Å². The van der Waals surface area contributed by atoms with E-state index < -0.39 is 0 Å². The Morgan fingerprint density at radius 3 is 2.04 bits per heavy atom. The molecule has 0 radical (unpaired) electrons. The van der Waals surface area contributed by atoms with E-state index in [0.717, 1.165) is 12.5 Å². The summed E-state index contributed by atoms with van der Waals surface area (Å²) in [5.41, 5.74) is 0.690. The predicted octanol–water partition coefficient (Wildman–Crippen LogP) is 2.22. The van der Waals surface area contributed by atoms with Crippen molar-refractivity contribution in [2.45, 2.75) is 82.4 Å². The molecule has 2 saturated carbocycles. The van der Waals surface area contributed by atoms with Gasteiger partial charge in [-0.15, -0.1) is 0 Å². The number of aliphatic hydroxyl groups is 1. The lowest BCUT2D eigenvalue weighted by Crippen LogP contribution is -2.57. The lowest BCUT2D eigenvalue weighted by atomic mass is 9.67. The number of nitrogens with one attached hydrogen (secondary N) is 1. The number of rotatable bonds is 2. The quantitative estimate of drug-likeness (QED) is 0.812. The van der Waals surface area contributed by atoms with E-state index in [1.165, 1.54) is 97.1 Å². The zero-order valence-corrected chi connectivity index (χ0v) is 15.4. The van der Waals surface area contributed by atoms with Crippen molar-refractivity contribution in [3.63, 3.8) is 0 Å². The number of piperidine rings is 1. The summed E-state index contributed by atoms with van der Waals surface area (Å²) in [5.74, 6) is 0. The second-order valence-electron chi connectivity index (χ2n) is 8.97. The van der Waals surface area contributed by atoms with Gasteiger partial charge in [-0.3, -0.25) is 9.80 Å². The molecule has 1 spiro atoms. The minimum absolute atomic E-state index is 0.0697. The van der Waals surface area contributed by atoms with Crippen LogP contribution >= 0.6 is 0 Å². The average molecular weight is 336 g/mol. The summed E-state index contributed by atoms with van der Waals surface area (Å²) in [6.45, 7) is 7.28. The van der Waals surface area contributed by atoms with Crippen molar-refractivity contribution in [1.29, 1.82) is 0 Å². The highest BCUT2D eigenvalue weighted by atomic mass is 16.3. The molecule has 2 aliphatic carbocycles. The largest absolute Gasteiger partial charge is 0.391 e. The van der Waals surface area contributed by atoms with Gasteiger partial charge in [-0.05, 0) is 69.9 Å². The standard InChI is InChI=1S/C20H37N3O/c24-19-4-2-1-3-18(19)23-15-13-22(14-16-23)17-5-7-20(8-6-17)9-11-21-12-10-20/h17-19,21,24H,1-16H2/t18-,19-/m0/s1. The molecule has 0 bridgehead atoms. The predicted molar refractivity (Wildman–Crippen MR) is 98.2 cm³/mol. The number of aliphatic hydroxyl groups excluding tert-OH is 1. The minimum Gasteiger partial charge on any atom is -0.391 e. The van der Waals surface area contributed by atoms with Crippen LogP contribution in [-0.4, -0.2) is 72.4 Å². The Kier molecular flexibility index (Phi) is 5.47. The molecule has 2 N–H and O–H groups in total. The third-order valence-corrected chi connectivity index (χ3v) is 7.71. The third kappa shape index (κ3) is 3.67. The molecule has 0 amide bonds. The van der Waals surface area contributed by atoms with Crippen LogP contribution in [-0.2, 0) is 0 Å². The van der Waals surface area contributed by atoms with Crippen LogP contribution in [0.25, 0.3) is 0 Å². The number of hydrogen-bond donors (Lipinski definition) is 2. The van der Waals surface area contributed by atoms with Gasteiger partial charge in [-0.2, -0.15) is 0 Å². The summed E-state index contributed by atoms with van der Waals surface area (Å²) >= 11 is 0. The second kappa shape index (κ2) is 7.61. The highest BCUT2D eigenvalue weighted by Gasteiger charge is 2.39. The van der Waals surface area contributed by atoms with Gasteiger partial charge in [0.15, 0.2) is 0 Å². The van der Waals surface area contributed by atoms with E-state index >= 15 is 0 Å². The van der Waals surface area contributed by atoms with E-state index in [1.54, 1.807) is 0 Å². The number of piperazine rings is 1. The Morgan fingerprint density at radius 1 is 0.750 bits per heavy atom. The first-order valence-corrected chi connectivity index (χ1v) is 10.6. The van der Waals surface area contributed by atoms with Crippen molar-refractivity contribution in [1.82, 2.24) is 15.1 Å². The Morgan fingerprint density at radius 2 is 1.38 bits per heavy atom. The van der Waals surface area contributed by atoms with Gasteiger partial charge in [0, 0.05) is 38.3 Å². The number of nitrogens with zero attached hydrogens (tertiary/aromatic N) is 2. The first-order chi connectivity index (χ1) is 11.8. The maximum absolute atomic E-state index is 10.3. The molecule has 24 heavy (non-hydrogen) atoms. The first kappa shape index (κ1) is 17.3. The third-order valence-electron chi connectivity index (χ3n) is 7.71. The Hall–Kier alpha value is -0.160. The van der Waals surface area contributed by atoms with E-state index in [9.17, 15) is 5.11 Å². The first-order valence-electron chi connectivity index (χ1n) is 10.6. The molecular weight excluding hydrogens is 298 g/mol. The van der Waals surface area contributed by atoms with Gasteiger partial charge in [0.2, 0.25) is 0 Å². The fourth-order valence-corrected chi connectivity index (χ4v) is 5.99. The molecule has 2 heterocycles. The molecule has 138 valence electrons. The number of hydrogen-bond acceptors (Lipinski definition) is 4. The highest BCUT2D eigenvalue weighted by molar-refractivity contribution is 4.94. The van der Waals surface area contributed by atoms with Crippen LogP contribution in [0.3, 0.4) is 0 Å². The Bertz CT molecular complexity index is 392. The summed E-state index contributed by atoms with van der Waals surface area (Å²) in [7, 11) is 0. The summed E-state index contributed by atoms with van der Waals surface area (Å²) < 4.78 is 0. The van der Waals surface area contributed by atoms with Crippen molar-refractivity contribution in [3.8, 4) is 0 Å². The van der Waals surface area contributed by atoms with Crippen LogP contribution in [0.4, 0.5) is 0 Å². The van der Waals surface area contributed by atoms with Gasteiger partial charge in [0.05, 0.1) is 6.10 Å². The van der Waals surface area contributed by atoms with E-state index in [1.807, 2.05) is 0 Å². The molecule has 4 aliphatic rings. The molecule has 0 aromatic heterocycles. The van der Waals surface area contributed by atoms with Crippen LogP contribution in [0.1, 0.15) is 64.2 Å². The van der Waals surface area contributed by atoms with Crippen LogP contribution in [0, 0.1) is 5.41 Å². The monoisotopic (exact) mass is 335 g/mol. The topological polar surface area (TPSA) is 38.7 Å². The van der Waals surface area contributed by atoms with Gasteiger partial charge in [0.25, 0.3) is 0 Å². The van der Waals surface area contributed by atoms with Gasteiger partial charge in [0.1, 0.15) is 0 Å². The van der Waals surface area contributed by atoms with E-state index in [4.69, 9.17) is 0 Å². The zero-order chi connectivity index (χ0) is 16.4. The second-order valence-corrected chi connectivity index (χ2v) is 8.97. The summed E-state index contributed by atoms with van der Waals surface area (Å²) in [6, 6.07) is 1.29. The average Bonchev–Trinajstić information content (AvgIpc) is 2.64. The molecule has 4 fully saturated rings. The van der Waals surface area contributed by atoms with Gasteiger partial charge < -0.3 is 10.4 Å². The molecule has 0 unspecified atom stereocenters. The SMILES string of the molecule is O[C@H]1CCCC[C@@H]1N1CCN(C2CCC3(CCNCC3)CC2)CC1. The molecule has 4 rings (SSSR count). The molecule has 2 atom stereocenters. The van der Waals surface area contributed by atoms with Crippen molar-refractivity contribution >= 4 is 0 Å². The summed E-state index contributed by atoms with van der Waals surface area (Å²) in [5, 5.41) is 13.9. The maximum atomic E-state index is 10.3. The fourth-order valence-electron chi connectivity index (χ4n) is 5.99.